The van der Waals surface area contributed by atoms with E-state index in [9.17, 15) is 0 Å². The Kier molecular flexibility index (Phi) is 2.67. The van der Waals surface area contributed by atoms with Crippen LogP contribution < -0.4 is 5.32 Å². The van der Waals surface area contributed by atoms with Crippen LogP contribution in [0.4, 0.5) is 5.95 Å². The van der Waals surface area contributed by atoms with Gasteiger partial charge in [0.25, 0.3) is 0 Å². The molecule has 0 aliphatic heterocycles. The molecule has 0 radical (unpaired) electrons. The number of aromatic nitrogens is 3. The van der Waals surface area contributed by atoms with E-state index in [1.165, 1.54) is 4.70 Å². The van der Waals surface area contributed by atoms with Crippen LogP contribution in [-0.4, -0.2) is 15.0 Å². The quantitative estimate of drug-likeness (QED) is 0.767. The zero-order valence-electron chi connectivity index (χ0n) is 9.00. The second-order valence-electron chi connectivity index (χ2n) is 3.50. The molecule has 0 bridgehead atoms. The maximum atomic E-state index is 4.53. The first-order valence-corrected chi connectivity index (χ1v) is 6.09. The number of nitrogens with one attached hydrogen (secondary N) is 1. The number of thiazole rings is 1. The average Bonchev–Trinajstić information content (AvgIpc) is 2.80. The van der Waals surface area contributed by atoms with Crippen molar-refractivity contribution in [3.05, 3.63) is 47.7 Å². The van der Waals surface area contributed by atoms with E-state index in [2.05, 4.69) is 26.3 Å². The van der Waals surface area contributed by atoms with Gasteiger partial charge in [-0.15, -0.1) is 11.3 Å². The first-order valence-electron chi connectivity index (χ1n) is 5.27. The number of para-hydroxylation sites is 1. The summed E-state index contributed by atoms with van der Waals surface area (Å²) >= 11 is 1.69. The molecular formula is C12H10N4S. The number of rotatable bonds is 3. The van der Waals surface area contributed by atoms with E-state index < -0.39 is 0 Å². The molecule has 1 N–H and O–H groups in total. The standard InChI is InChI=1S/C12H10N4S/c1-2-5-10-9(4-1)16-11(17-10)8-15-12-13-6-3-7-14-12/h1-7H,8H2,(H,13,14,15). The largest absolute Gasteiger partial charge is 0.348 e. The minimum absolute atomic E-state index is 0.631. The van der Waals surface area contributed by atoms with E-state index in [1.54, 1.807) is 29.8 Å². The van der Waals surface area contributed by atoms with Crippen molar-refractivity contribution in [3.8, 4) is 0 Å². The highest BCUT2D eigenvalue weighted by atomic mass is 32.1. The molecule has 0 saturated carbocycles. The first kappa shape index (κ1) is 10.2. The fraction of sp³-hybridized carbons (Fsp3) is 0.0833. The molecule has 3 rings (SSSR count). The summed E-state index contributed by atoms with van der Waals surface area (Å²) in [5.41, 5.74) is 1.04. The Labute approximate surface area is 102 Å². The zero-order chi connectivity index (χ0) is 11.5. The zero-order valence-corrected chi connectivity index (χ0v) is 9.81. The van der Waals surface area contributed by atoms with Gasteiger partial charge >= 0.3 is 0 Å². The highest BCUT2D eigenvalue weighted by Crippen LogP contribution is 2.21. The van der Waals surface area contributed by atoms with Gasteiger partial charge in [-0.2, -0.15) is 0 Å². The van der Waals surface area contributed by atoms with E-state index in [1.807, 2.05) is 18.2 Å². The summed E-state index contributed by atoms with van der Waals surface area (Å²) in [4.78, 5) is 12.7. The van der Waals surface area contributed by atoms with Gasteiger partial charge in [0.05, 0.1) is 16.8 Å². The van der Waals surface area contributed by atoms with E-state index in [4.69, 9.17) is 0 Å². The third kappa shape index (κ3) is 2.24. The molecule has 0 unspecified atom stereocenters. The molecule has 17 heavy (non-hydrogen) atoms. The minimum atomic E-state index is 0.631. The summed E-state index contributed by atoms with van der Waals surface area (Å²) in [5, 5.41) is 4.19. The van der Waals surface area contributed by atoms with Crippen molar-refractivity contribution in [1.29, 1.82) is 0 Å². The smallest absolute Gasteiger partial charge is 0.222 e. The predicted octanol–water partition coefficient (Wildman–Crippen LogP) is 2.70. The molecule has 2 heterocycles. The maximum Gasteiger partial charge on any atom is 0.222 e. The molecular weight excluding hydrogens is 232 g/mol. The normalized spacial score (nSPS) is 10.6. The topological polar surface area (TPSA) is 50.7 Å². The van der Waals surface area contributed by atoms with Gasteiger partial charge in [-0.25, -0.2) is 15.0 Å². The fourth-order valence-electron chi connectivity index (χ4n) is 1.54. The van der Waals surface area contributed by atoms with Gasteiger partial charge in [0.15, 0.2) is 0 Å². The van der Waals surface area contributed by atoms with E-state index in [-0.39, 0.29) is 0 Å². The van der Waals surface area contributed by atoms with Crippen molar-refractivity contribution in [2.24, 2.45) is 0 Å². The lowest BCUT2D eigenvalue weighted by molar-refractivity contribution is 1.04. The summed E-state index contributed by atoms with van der Waals surface area (Å²) in [7, 11) is 0. The van der Waals surface area contributed by atoms with Crippen LogP contribution in [0.3, 0.4) is 0 Å². The Morgan fingerprint density at radius 2 is 1.88 bits per heavy atom. The Hall–Kier alpha value is -2.01. The van der Waals surface area contributed by atoms with Gasteiger partial charge in [-0.1, -0.05) is 12.1 Å². The van der Waals surface area contributed by atoms with Crippen LogP contribution in [-0.2, 0) is 6.54 Å². The molecule has 0 saturated heterocycles. The Morgan fingerprint density at radius 3 is 2.71 bits per heavy atom. The first-order chi connectivity index (χ1) is 8.42. The van der Waals surface area contributed by atoms with Gasteiger partial charge in [0.1, 0.15) is 5.01 Å². The van der Waals surface area contributed by atoms with Crippen molar-refractivity contribution < 1.29 is 0 Å². The molecule has 0 spiro atoms. The van der Waals surface area contributed by atoms with Gasteiger partial charge in [0, 0.05) is 12.4 Å². The molecule has 3 aromatic rings. The Bertz CT molecular complexity index is 587. The average molecular weight is 242 g/mol. The summed E-state index contributed by atoms with van der Waals surface area (Å²) in [6.45, 7) is 0.656. The summed E-state index contributed by atoms with van der Waals surface area (Å²) in [6.07, 6.45) is 3.43. The van der Waals surface area contributed by atoms with Gasteiger partial charge < -0.3 is 5.32 Å². The summed E-state index contributed by atoms with van der Waals surface area (Å²) in [6, 6.07) is 9.92. The summed E-state index contributed by atoms with van der Waals surface area (Å²) in [5.74, 6) is 0.631. The molecule has 1 aromatic carbocycles. The van der Waals surface area contributed by atoms with Crippen LogP contribution in [0.1, 0.15) is 5.01 Å². The molecule has 0 aliphatic rings. The number of hydrogen-bond donors (Lipinski definition) is 1. The van der Waals surface area contributed by atoms with E-state index >= 15 is 0 Å². The third-order valence-electron chi connectivity index (χ3n) is 2.30. The van der Waals surface area contributed by atoms with Crippen molar-refractivity contribution >= 4 is 27.5 Å². The van der Waals surface area contributed by atoms with Gasteiger partial charge in [0.2, 0.25) is 5.95 Å². The van der Waals surface area contributed by atoms with Gasteiger partial charge in [-0.05, 0) is 18.2 Å². The Morgan fingerprint density at radius 1 is 1.06 bits per heavy atom. The predicted molar refractivity (Wildman–Crippen MR) is 69.0 cm³/mol. The number of nitrogens with zero attached hydrogens (tertiary/aromatic N) is 3. The minimum Gasteiger partial charge on any atom is -0.348 e. The highest BCUT2D eigenvalue weighted by molar-refractivity contribution is 7.18. The molecule has 0 fully saturated rings. The lowest BCUT2D eigenvalue weighted by Crippen LogP contribution is -2.02. The lowest BCUT2D eigenvalue weighted by Gasteiger charge is -1.99. The number of fused-ring (bicyclic) bond motifs is 1. The third-order valence-corrected chi connectivity index (χ3v) is 3.34. The van der Waals surface area contributed by atoms with Crippen LogP contribution in [0, 0.1) is 0 Å². The number of hydrogen-bond acceptors (Lipinski definition) is 5. The monoisotopic (exact) mass is 242 g/mol. The molecule has 4 nitrogen and oxygen atoms in total. The highest BCUT2D eigenvalue weighted by Gasteiger charge is 2.02. The lowest BCUT2D eigenvalue weighted by atomic mass is 10.3. The van der Waals surface area contributed by atoms with Crippen LogP contribution in [0.5, 0.6) is 0 Å². The second kappa shape index (κ2) is 4.47. The SMILES string of the molecule is c1cnc(NCc2nc3ccccc3s2)nc1. The molecule has 2 aromatic heterocycles. The van der Waals surface area contributed by atoms with Crippen molar-refractivity contribution in [1.82, 2.24) is 15.0 Å². The van der Waals surface area contributed by atoms with Crippen molar-refractivity contribution in [2.45, 2.75) is 6.54 Å². The second-order valence-corrected chi connectivity index (χ2v) is 4.62. The van der Waals surface area contributed by atoms with Crippen molar-refractivity contribution in [3.63, 3.8) is 0 Å². The van der Waals surface area contributed by atoms with Crippen LogP contribution >= 0.6 is 11.3 Å². The Balaban J connectivity index is 1.77. The van der Waals surface area contributed by atoms with Crippen LogP contribution in [0.2, 0.25) is 0 Å². The van der Waals surface area contributed by atoms with Crippen LogP contribution in [0.15, 0.2) is 42.7 Å². The van der Waals surface area contributed by atoms with Gasteiger partial charge in [-0.3, -0.25) is 0 Å². The molecule has 84 valence electrons. The molecule has 5 heteroatoms. The molecule has 0 aliphatic carbocycles. The fourth-order valence-corrected chi connectivity index (χ4v) is 2.45. The van der Waals surface area contributed by atoms with E-state index in [0.29, 0.717) is 12.5 Å². The number of benzene rings is 1. The summed E-state index contributed by atoms with van der Waals surface area (Å²) < 4.78 is 1.21. The van der Waals surface area contributed by atoms with Crippen molar-refractivity contribution in [2.75, 3.05) is 5.32 Å². The van der Waals surface area contributed by atoms with Crippen LogP contribution in [0.25, 0.3) is 10.2 Å². The molecule has 0 atom stereocenters. The van der Waals surface area contributed by atoms with E-state index in [0.717, 1.165) is 10.5 Å². The molecule has 0 amide bonds. The number of anilines is 1. The maximum absolute atomic E-state index is 4.53.